The monoisotopic (exact) mass is 300 g/mol. The van der Waals surface area contributed by atoms with Gasteiger partial charge in [0.15, 0.2) is 0 Å². The van der Waals surface area contributed by atoms with E-state index in [1.54, 1.807) is 0 Å². The largest absolute Gasteiger partial charge is 0.481 e. The fraction of sp³-hybridized carbons (Fsp3) is 0.944. The number of hydrogen-bond donors (Lipinski definition) is 1. The first-order chi connectivity index (χ1) is 9.91. The number of ether oxygens (including phenoxy) is 1. The molecule has 0 aliphatic heterocycles. The van der Waals surface area contributed by atoms with Gasteiger partial charge in [0.1, 0.15) is 0 Å². The van der Waals surface area contributed by atoms with Crippen molar-refractivity contribution in [3.05, 3.63) is 0 Å². The lowest BCUT2D eigenvalue weighted by Crippen LogP contribution is -2.07. The fourth-order valence-corrected chi connectivity index (χ4v) is 2.52. The van der Waals surface area contributed by atoms with E-state index in [9.17, 15) is 4.79 Å². The maximum atomic E-state index is 10.3. The van der Waals surface area contributed by atoms with Crippen molar-refractivity contribution in [2.75, 3.05) is 13.2 Å². The highest BCUT2D eigenvalue weighted by atomic mass is 16.5. The zero-order chi connectivity index (χ0) is 16.1. The van der Waals surface area contributed by atoms with Crippen molar-refractivity contribution in [3.8, 4) is 0 Å². The van der Waals surface area contributed by atoms with E-state index in [0.717, 1.165) is 18.3 Å². The van der Waals surface area contributed by atoms with Crippen molar-refractivity contribution < 1.29 is 14.6 Å². The minimum absolute atomic E-state index is 0.113. The Balaban J connectivity index is 3.39. The SMILES string of the molecule is CC(C)CCCC(C)CCCC(C)CCOCCC(=O)O. The van der Waals surface area contributed by atoms with Gasteiger partial charge in [0.25, 0.3) is 0 Å². The van der Waals surface area contributed by atoms with Crippen LogP contribution in [0.15, 0.2) is 0 Å². The third-order valence-electron chi connectivity index (χ3n) is 4.09. The molecule has 0 aromatic carbocycles. The Bertz CT molecular complexity index is 251. The lowest BCUT2D eigenvalue weighted by atomic mass is 9.93. The molecule has 0 amide bonds. The molecule has 0 rings (SSSR count). The summed E-state index contributed by atoms with van der Waals surface area (Å²) in [5, 5.41) is 8.50. The number of carbonyl (C=O) groups is 1. The highest BCUT2D eigenvalue weighted by Gasteiger charge is 2.06. The van der Waals surface area contributed by atoms with E-state index < -0.39 is 5.97 Å². The molecule has 0 aliphatic rings. The van der Waals surface area contributed by atoms with Crippen molar-refractivity contribution in [1.29, 1.82) is 0 Å². The number of rotatable bonds is 14. The summed E-state index contributed by atoms with van der Waals surface area (Å²) < 4.78 is 5.34. The molecule has 21 heavy (non-hydrogen) atoms. The van der Waals surface area contributed by atoms with Gasteiger partial charge >= 0.3 is 5.97 Å². The van der Waals surface area contributed by atoms with Crippen LogP contribution in [0.4, 0.5) is 0 Å². The molecule has 3 nitrogen and oxygen atoms in total. The van der Waals surface area contributed by atoms with Crippen LogP contribution in [0.25, 0.3) is 0 Å². The Morgan fingerprint density at radius 3 is 1.90 bits per heavy atom. The Kier molecular flexibility index (Phi) is 12.8. The Labute approximate surface area is 131 Å². The Morgan fingerprint density at radius 2 is 1.38 bits per heavy atom. The summed E-state index contributed by atoms with van der Waals surface area (Å²) in [6.07, 6.45) is 9.15. The zero-order valence-electron chi connectivity index (χ0n) is 14.6. The van der Waals surface area contributed by atoms with Gasteiger partial charge in [-0.3, -0.25) is 4.79 Å². The van der Waals surface area contributed by atoms with Gasteiger partial charge in [-0.15, -0.1) is 0 Å². The van der Waals surface area contributed by atoms with E-state index >= 15 is 0 Å². The molecule has 0 spiro atoms. The summed E-state index contributed by atoms with van der Waals surface area (Å²) >= 11 is 0. The van der Waals surface area contributed by atoms with Gasteiger partial charge in [-0.25, -0.2) is 0 Å². The smallest absolute Gasteiger partial charge is 0.305 e. The lowest BCUT2D eigenvalue weighted by Gasteiger charge is -2.15. The molecule has 2 atom stereocenters. The van der Waals surface area contributed by atoms with Gasteiger partial charge in [0, 0.05) is 6.61 Å². The zero-order valence-corrected chi connectivity index (χ0v) is 14.6. The molecule has 0 saturated carbocycles. The summed E-state index contributed by atoms with van der Waals surface area (Å²) in [4.78, 5) is 10.3. The first-order valence-corrected chi connectivity index (χ1v) is 8.71. The molecule has 2 unspecified atom stereocenters. The average molecular weight is 300 g/mol. The third-order valence-corrected chi connectivity index (χ3v) is 4.09. The van der Waals surface area contributed by atoms with Crippen LogP contribution in [-0.4, -0.2) is 24.3 Å². The van der Waals surface area contributed by atoms with Gasteiger partial charge < -0.3 is 9.84 Å². The first kappa shape index (κ1) is 20.4. The second-order valence-electron chi connectivity index (χ2n) is 7.01. The van der Waals surface area contributed by atoms with Crippen molar-refractivity contribution in [2.24, 2.45) is 17.8 Å². The quantitative estimate of drug-likeness (QED) is 0.452. The molecular formula is C18H36O3. The summed E-state index contributed by atoms with van der Waals surface area (Å²) in [6, 6.07) is 0. The molecular weight excluding hydrogens is 264 g/mol. The van der Waals surface area contributed by atoms with Crippen LogP contribution in [-0.2, 0) is 9.53 Å². The molecule has 0 heterocycles. The van der Waals surface area contributed by atoms with E-state index in [1.807, 2.05) is 0 Å². The van der Waals surface area contributed by atoms with Crippen molar-refractivity contribution in [3.63, 3.8) is 0 Å². The van der Waals surface area contributed by atoms with Crippen molar-refractivity contribution in [2.45, 2.75) is 79.1 Å². The van der Waals surface area contributed by atoms with E-state index in [4.69, 9.17) is 9.84 Å². The maximum absolute atomic E-state index is 10.3. The van der Waals surface area contributed by atoms with Crippen molar-refractivity contribution >= 4 is 5.97 Å². The highest BCUT2D eigenvalue weighted by molar-refractivity contribution is 5.66. The maximum Gasteiger partial charge on any atom is 0.305 e. The molecule has 0 aliphatic carbocycles. The van der Waals surface area contributed by atoms with Crippen LogP contribution in [0.2, 0.25) is 0 Å². The molecule has 0 aromatic rings. The van der Waals surface area contributed by atoms with Gasteiger partial charge in [-0.1, -0.05) is 66.2 Å². The minimum atomic E-state index is -0.783. The van der Waals surface area contributed by atoms with Crippen molar-refractivity contribution in [1.82, 2.24) is 0 Å². The van der Waals surface area contributed by atoms with Crippen LogP contribution < -0.4 is 0 Å². The number of carboxylic acid groups (broad SMARTS) is 1. The highest BCUT2D eigenvalue weighted by Crippen LogP contribution is 2.20. The van der Waals surface area contributed by atoms with Gasteiger partial charge in [0.2, 0.25) is 0 Å². The summed E-state index contributed by atoms with van der Waals surface area (Å²) in [5.41, 5.74) is 0. The lowest BCUT2D eigenvalue weighted by molar-refractivity contribution is -0.138. The van der Waals surface area contributed by atoms with E-state index in [-0.39, 0.29) is 6.42 Å². The first-order valence-electron chi connectivity index (χ1n) is 8.71. The van der Waals surface area contributed by atoms with Crippen LogP contribution in [0.3, 0.4) is 0 Å². The average Bonchev–Trinajstić information content (AvgIpc) is 2.37. The second kappa shape index (κ2) is 13.1. The number of hydrogen-bond acceptors (Lipinski definition) is 2. The summed E-state index contributed by atoms with van der Waals surface area (Å²) in [5.74, 6) is 1.58. The van der Waals surface area contributed by atoms with Crippen LogP contribution in [0.5, 0.6) is 0 Å². The minimum Gasteiger partial charge on any atom is -0.481 e. The van der Waals surface area contributed by atoms with Gasteiger partial charge in [-0.05, 0) is 24.2 Å². The number of carboxylic acids is 1. The van der Waals surface area contributed by atoms with Gasteiger partial charge in [-0.2, -0.15) is 0 Å². The second-order valence-corrected chi connectivity index (χ2v) is 7.01. The van der Waals surface area contributed by atoms with Crippen LogP contribution >= 0.6 is 0 Å². The molecule has 1 N–H and O–H groups in total. The standard InChI is InChI=1S/C18H36O3/c1-15(2)7-5-8-16(3)9-6-10-17(4)11-13-21-14-12-18(19)20/h15-17H,5-14H2,1-4H3,(H,19,20). The predicted octanol–water partition coefficient (Wildman–Crippen LogP) is 5.14. The Hall–Kier alpha value is -0.570. The topological polar surface area (TPSA) is 46.5 Å². The molecule has 0 radical (unpaired) electrons. The molecule has 3 heteroatoms. The molecule has 0 fully saturated rings. The van der Waals surface area contributed by atoms with E-state index in [1.165, 1.54) is 38.5 Å². The third kappa shape index (κ3) is 15.6. The molecule has 0 saturated heterocycles. The van der Waals surface area contributed by atoms with E-state index in [0.29, 0.717) is 19.1 Å². The van der Waals surface area contributed by atoms with Crippen LogP contribution in [0.1, 0.15) is 79.1 Å². The normalized spacial score (nSPS) is 14.3. The van der Waals surface area contributed by atoms with Crippen LogP contribution in [0, 0.1) is 17.8 Å². The molecule has 0 bridgehead atoms. The molecule has 126 valence electrons. The number of aliphatic carboxylic acids is 1. The fourth-order valence-electron chi connectivity index (χ4n) is 2.52. The van der Waals surface area contributed by atoms with Gasteiger partial charge in [0.05, 0.1) is 13.0 Å². The Morgan fingerprint density at radius 1 is 0.857 bits per heavy atom. The molecule has 0 aromatic heterocycles. The summed E-state index contributed by atoms with van der Waals surface area (Å²) in [7, 11) is 0. The summed E-state index contributed by atoms with van der Waals surface area (Å²) in [6.45, 7) is 10.3. The van der Waals surface area contributed by atoms with E-state index in [2.05, 4.69) is 27.7 Å². The predicted molar refractivity (Wildman–Crippen MR) is 88.6 cm³/mol.